The predicted octanol–water partition coefficient (Wildman–Crippen LogP) is -5.60. The maximum absolute atomic E-state index is 12.1. The van der Waals surface area contributed by atoms with E-state index < -0.39 is 165 Å². The molecular formula is C67H94N24O24S5. The Morgan fingerprint density at radius 3 is 1.20 bits per heavy atom. The van der Waals surface area contributed by atoms with Crippen LogP contribution in [0.4, 0.5) is 70.5 Å². The molecule has 120 heavy (non-hydrogen) atoms. The number of methoxy groups -OCH3 is 1. The number of carbonyl (C=O) groups excluding carboxylic acids is 2. The van der Waals surface area contributed by atoms with E-state index in [0.29, 0.717) is 74.8 Å². The van der Waals surface area contributed by atoms with Gasteiger partial charge < -0.3 is 155 Å². The highest BCUT2D eigenvalue weighted by Crippen LogP contribution is 2.54. The number of H-pyrrole nitrogens is 1. The van der Waals surface area contributed by atoms with Gasteiger partial charge in [-0.15, -0.1) is 0 Å². The first-order valence-electron chi connectivity index (χ1n) is 36.3. The van der Waals surface area contributed by atoms with Crippen molar-refractivity contribution >= 4 is 141 Å². The van der Waals surface area contributed by atoms with Crippen molar-refractivity contribution < 1.29 is 114 Å². The third-order valence-corrected chi connectivity index (χ3v) is 24.5. The molecule has 0 spiro atoms. The second kappa shape index (κ2) is 37.9. The number of anilines is 12. The molecule has 0 aromatic carbocycles. The van der Waals surface area contributed by atoms with Gasteiger partial charge in [-0.2, -0.15) is 39.9 Å². The van der Waals surface area contributed by atoms with Crippen molar-refractivity contribution in [2.45, 2.75) is 187 Å². The van der Waals surface area contributed by atoms with Gasteiger partial charge in [-0.25, -0.2) is 4.98 Å². The number of esters is 2. The van der Waals surface area contributed by atoms with Crippen LogP contribution < -0.4 is 86.0 Å². The van der Waals surface area contributed by atoms with Crippen molar-refractivity contribution in [3.05, 3.63) is 74.6 Å². The minimum absolute atomic E-state index is 0.00245. The summed E-state index contributed by atoms with van der Waals surface area (Å²) in [6.07, 6.45) is -20.4. The molecule has 48 nitrogen and oxygen atoms in total. The predicted molar refractivity (Wildman–Crippen MR) is 435 cm³/mol. The van der Waals surface area contributed by atoms with Crippen LogP contribution in [0.25, 0.3) is 0 Å². The van der Waals surface area contributed by atoms with Gasteiger partial charge in [-0.05, 0) is 11.8 Å². The Morgan fingerprint density at radius 1 is 0.467 bits per heavy atom. The summed E-state index contributed by atoms with van der Waals surface area (Å²) < 4.78 is 43.4. The molecule has 5 aromatic rings. The highest BCUT2D eigenvalue weighted by molar-refractivity contribution is 8.04. The fraction of sp³-hybridized carbons (Fsp3) is 0.522. The lowest BCUT2D eigenvalue weighted by molar-refractivity contribution is -0.152. The van der Waals surface area contributed by atoms with Crippen LogP contribution in [0.3, 0.4) is 0 Å². The first-order valence-corrected chi connectivity index (χ1v) is 40.4. The number of carbonyl (C=O) groups is 2. The lowest BCUT2D eigenvalue weighted by Crippen LogP contribution is -2.43. The van der Waals surface area contributed by atoms with Crippen LogP contribution in [0, 0.1) is 11.8 Å². The third kappa shape index (κ3) is 18.3. The molecule has 0 radical (unpaired) electrons. The van der Waals surface area contributed by atoms with Gasteiger partial charge in [-0.1, -0.05) is 119 Å². The molecule has 0 bridgehead atoms. The Labute approximate surface area is 703 Å². The van der Waals surface area contributed by atoms with Crippen LogP contribution >= 0.6 is 58.8 Å². The Balaban J connectivity index is 0.000000148. The minimum atomic E-state index is -1.37. The number of nitrogens with one attached hydrogen (secondary N) is 2. The molecule has 31 N–H and O–H groups in total. The van der Waals surface area contributed by atoms with Crippen LogP contribution in [0.15, 0.2) is 93.5 Å². The van der Waals surface area contributed by atoms with Crippen molar-refractivity contribution in [2.24, 2.45) is 23.3 Å². The quantitative estimate of drug-likeness (QED) is 0.0364. The number of nitrogen functional groups attached to an aromatic ring is 6. The molecule has 0 saturated carbocycles. The molecule has 0 aliphatic carbocycles. The molecule has 0 unspecified atom stereocenters. The fourth-order valence-corrected chi connectivity index (χ4v) is 17.7. The van der Waals surface area contributed by atoms with Gasteiger partial charge in [0.1, 0.15) is 138 Å². The van der Waals surface area contributed by atoms with E-state index in [0.717, 1.165) is 16.7 Å². The molecule has 15 rings (SSSR count). The van der Waals surface area contributed by atoms with E-state index in [1.54, 1.807) is 50.7 Å². The topological polar surface area (TPSA) is 756 Å². The fourth-order valence-electron chi connectivity index (χ4n) is 13.0. The van der Waals surface area contributed by atoms with E-state index in [1.165, 1.54) is 68.9 Å². The molecule has 5 aromatic heterocycles. The number of ether oxygens (including phenoxy) is 8. The van der Waals surface area contributed by atoms with Crippen LogP contribution in [0.2, 0.25) is 0 Å². The number of rotatable bonds is 18. The Bertz CT molecular complexity index is 4650. The number of hydrogen-bond acceptors (Lipinski definition) is 52. The number of hydrogen-bond donors (Lipinski definition) is 23. The van der Waals surface area contributed by atoms with Crippen LogP contribution in [-0.2, 0) is 42.7 Å². The average molecular weight is 1780 g/mol. The van der Waals surface area contributed by atoms with Crippen LogP contribution in [0.5, 0.6) is 5.88 Å². The smallest absolute Gasteiger partial charge is 0.323 e. The van der Waals surface area contributed by atoms with Crippen molar-refractivity contribution in [1.82, 2.24) is 49.8 Å². The molecule has 5 fully saturated rings. The second-order valence-electron chi connectivity index (χ2n) is 28.1. The van der Waals surface area contributed by atoms with Crippen molar-refractivity contribution in [1.29, 1.82) is 0 Å². The summed E-state index contributed by atoms with van der Waals surface area (Å²) >= 11 is 6.13. The number of aromatic amines is 1. The zero-order valence-electron chi connectivity index (χ0n) is 64.7. The maximum Gasteiger partial charge on any atom is 0.323 e. The number of aromatic nitrogens is 10. The van der Waals surface area contributed by atoms with Crippen molar-refractivity contribution in [3.8, 4) is 5.88 Å². The van der Waals surface area contributed by atoms with Gasteiger partial charge >= 0.3 is 11.9 Å². The zero-order valence-corrected chi connectivity index (χ0v) is 68.8. The van der Waals surface area contributed by atoms with Crippen LogP contribution in [0.1, 0.15) is 27.7 Å². The summed E-state index contributed by atoms with van der Waals surface area (Å²) in [5, 5.41) is 135. The number of thioether (sulfide) groups is 5. The number of aliphatic hydroxyl groups is 13. The van der Waals surface area contributed by atoms with Crippen LogP contribution in [-0.4, -0.2) is 310 Å². The molecular weight excluding hydrogens is 1690 g/mol. The van der Waals surface area contributed by atoms with Crippen molar-refractivity contribution in [2.75, 3.05) is 111 Å². The monoisotopic (exact) mass is 1780 g/mol. The number of nitrogens with zero attached hydrogens (tertiary/aromatic N) is 14. The van der Waals surface area contributed by atoms with E-state index in [9.17, 15) is 75.7 Å². The van der Waals surface area contributed by atoms with Gasteiger partial charge in [0.05, 0.1) is 66.8 Å². The summed E-state index contributed by atoms with van der Waals surface area (Å²) in [4.78, 5) is 85.2. The molecule has 0 amide bonds. The summed E-state index contributed by atoms with van der Waals surface area (Å²) in [7, 11) is 3.17. The van der Waals surface area contributed by atoms with Gasteiger partial charge in [0.2, 0.25) is 35.6 Å². The normalized spacial score (nSPS) is 29.8. The maximum atomic E-state index is 12.1. The van der Waals surface area contributed by atoms with E-state index >= 15 is 0 Å². The summed E-state index contributed by atoms with van der Waals surface area (Å²) in [6, 6.07) is -1.59. The van der Waals surface area contributed by atoms with E-state index in [-0.39, 0.29) is 77.9 Å². The highest BCUT2D eigenvalue weighted by atomic mass is 32.2. The first kappa shape index (κ1) is 91.9. The van der Waals surface area contributed by atoms with Gasteiger partial charge in [0.25, 0.3) is 5.56 Å². The van der Waals surface area contributed by atoms with E-state index in [1.807, 2.05) is 0 Å². The van der Waals surface area contributed by atoms with Crippen molar-refractivity contribution in [3.63, 3.8) is 0 Å². The molecule has 22 atom stereocenters. The van der Waals surface area contributed by atoms with E-state index in [2.05, 4.69) is 88.1 Å². The average Bonchev–Trinajstić information content (AvgIpc) is 1.63. The van der Waals surface area contributed by atoms with Gasteiger partial charge in [0, 0.05) is 13.2 Å². The minimum Gasteiger partial charge on any atom is -0.480 e. The lowest BCUT2D eigenvalue weighted by Gasteiger charge is -2.27. The molecule has 656 valence electrons. The van der Waals surface area contributed by atoms with Gasteiger partial charge in [-0.3, -0.25) is 43.9 Å². The highest BCUT2D eigenvalue weighted by Gasteiger charge is 2.55. The number of nitrogens with two attached hydrogens (primary N) is 8. The van der Waals surface area contributed by atoms with Gasteiger partial charge in [0.15, 0.2) is 60.2 Å². The molecule has 10 aliphatic heterocycles. The standard InChI is InChI=1S/C16H24N6O5S.C16H23N5O6S.C12H17N5O4S.C12H16N4O5S.C11H14N4O4S/c1-5(2)8(17)15(25)26-4-7-9(23)10(24)14(27-7)22-6(3)28-11-12(18)20-16(19)21-13(11)22;1-5(2)8(17)15(25)26-4-7-9(22)10(23)14(27-7)21-6(3)28-11-12(21)19-16(18)20-13(11)24;1-4-17(11-7(20)6(19)5(3-18)21-11)10-8(22-4)9(14-2)15-12(13)16-10;1-4-16(11-7(19)6(18)5(3-17)21-11)9-8(22-4)10(20-2)15-12(13)14-9;1-4-15(9-6(20-4)2-13-11(12)14-9)10-8(18)7(17)5(3-16)19-10/h5,7-10,14,23-24H,3-4,17H2,1-2H3,(H4,18,19,20,21);5,7-10,14,22-23H,3-4,17H2,1-2H3,(H3,18,19,20,24);5-7,11,18-20H,1,3H2,2H3,(H3,13,14,15,16);5-7,11,17-19H,1,3H2,2H3,(H2,13,14,15);2,5,7-8,10,16-18H,1,3H2,(H2,12,13,14)/t2*7-,8+,9-,10-,14-;2*5-,6-,7-,11-;5-,7-,8-,10-/m11111/s1. The lowest BCUT2D eigenvalue weighted by atomic mass is 10.1. The summed E-state index contributed by atoms with van der Waals surface area (Å²) in [5.41, 5.74) is 45.1. The Hall–Kier alpha value is -8.81. The molecule has 15 heterocycles. The molecule has 10 aliphatic rings. The number of aliphatic hydroxyl groups excluding tert-OH is 13. The number of fused-ring (bicyclic) bond motifs is 5. The third-order valence-electron chi connectivity index (χ3n) is 19.5. The zero-order chi connectivity index (χ0) is 88.0. The summed E-state index contributed by atoms with van der Waals surface area (Å²) in [6.45, 7) is 24.9. The largest absolute Gasteiger partial charge is 0.480 e. The Morgan fingerprint density at radius 2 is 0.800 bits per heavy atom. The second-order valence-corrected chi connectivity index (χ2v) is 33.6. The SMILES string of the molecule is C=C1Sc2c(N)nc(N)nc2N1[C@@H]1O[C@H](COC(=O)[C@@H](N)C(C)C)[C@@H](O)[C@H]1O.C=C1Sc2c(NC)nc(N)nc2N1[C@@H]1O[C@H](CO)[C@@H](O)[C@H]1O.C=C1Sc2c(OC)nc(N)nc2N1[C@@H]1O[C@H](CO)[C@@H](O)[C@H]1O.C=C1Sc2c(nc(N)[nH]c2=O)N1[C@@H]1O[C@H](COC(=O)[C@@H](N)C(C)C)[C@@H](O)[C@H]1O.C=C1Sc2cnc(N)nc2N1[C@@H]1O[C@H](CO)[C@@H](O)[C@H]1O. The first-order chi connectivity index (χ1) is 56.7. The summed E-state index contributed by atoms with van der Waals surface area (Å²) in [5.74, 6) is 1.38. The Kier molecular flexibility index (Phi) is 29.0. The molecule has 53 heteroatoms. The van der Waals surface area contributed by atoms with E-state index in [4.69, 9.17) is 88.9 Å². The molecule has 5 saturated heterocycles.